The average Bonchev–Trinajstić information content (AvgIpc) is 2.40. The minimum atomic E-state index is -3.75. The van der Waals surface area contributed by atoms with E-state index in [0.717, 1.165) is 19.4 Å². The number of halogens is 1. The molecule has 0 bridgehead atoms. The Kier molecular flexibility index (Phi) is 5.03. The van der Waals surface area contributed by atoms with Gasteiger partial charge in [-0.3, -0.25) is 4.79 Å². The zero-order chi connectivity index (χ0) is 15.6. The molecule has 21 heavy (non-hydrogen) atoms. The molecule has 0 saturated carbocycles. The van der Waals surface area contributed by atoms with E-state index in [1.807, 2.05) is 6.92 Å². The van der Waals surface area contributed by atoms with Crippen LogP contribution >= 0.6 is 15.9 Å². The lowest BCUT2D eigenvalue weighted by atomic mass is 9.92. The number of carbonyl (C=O) groups is 1. The van der Waals surface area contributed by atoms with Crippen LogP contribution in [-0.4, -0.2) is 26.9 Å². The maximum Gasteiger partial charge on any atom is 0.241 e. The zero-order valence-electron chi connectivity index (χ0n) is 11.6. The molecule has 2 atom stereocenters. The third kappa shape index (κ3) is 4.03. The van der Waals surface area contributed by atoms with Gasteiger partial charge in [-0.05, 0) is 59.4 Å². The number of primary sulfonamides is 1. The van der Waals surface area contributed by atoms with Crippen LogP contribution in [0.1, 0.15) is 19.8 Å². The van der Waals surface area contributed by atoms with Crippen molar-refractivity contribution >= 4 is 37.5 Å². The molecule has 1 aromatic rings. The van der Waals surface area contributed by atoms with Crippen LogP contribution in [0.2, 0.25) is 0 Å². The summed E-state index contributed by atoms with van der Waals surface area (Å²) >= 11 is 3.25. The highest BCUT2D eigenvalue weighted by atomic mass is 79.9. The molecule has 0 spiro atoms. The van der Waals surface area contributed by atoms with E-state index in [1.54, 1.807) is 0 Å². The summed E-state index contributed by atoms with van der Waals surface area (Å²) in [6.45, 7) is 2.86. The van der Waals surface area contributed by atoms with Crippen molar-refractivity contribution in [3.05, 3.63) is 22.7 Å². The van der Waals surface area contributed by atoms with Gasteiger partial charge in [0, 0.05) is 4.47 Å². The highest BCUT2D eigenvalue weighted by Crippen LogP contribution is 2.26. The van der Waals surface area contributed by atoms with Crippen LogP contribution in [0, 0.1) is 5.92 Å². The summed E-state index contributed by atoms with van der Waals surface area (Å²) in [4.78, 5) is 12.3. The number of carbonyl (C=O) groups excluding carboxylic acids is 1. The lowest BCUT2D eigenvalue weighted by Gasteiger charge is -2.29. The molecule has 1 aliphatic heterocycles. The summed E-state index contributed by atoms with van der Waals surface area (Å²) in [5.41, 5.74) is 0.520. The van der Waals surface area contributed by atoms with Crippen molar-refractivity contribution in [2.45, 2.75) is 30.7 Å². The second-order valence-corrected chi connectivity index (χ2v) is 7.64. The maximum absolute atomic E-state index is 12.3. The topological polar surface area (TPSA) is 101 Å². The van der Waals surface area contributed by atoms with Gasteiger partial charge in [-0.15, -0.1) is 0 Å². The van der Waals surface area contributed by atoms with Gasteiger partial charge in [-0.25, -0.2) is 13.6 Å². The standard InChI is InChI=1S/C13H18BrN3O3S/c1-8-3-2-6-16-12(8)13(18)17-11-5-4-9(7-10(11)14)21(15,19)20/h4-5,7-8,12,16H,2-3,6H2,1H3,(H,17,18)(H2,15,19,20). The molecular formula is C13H18BrN3O3S. The molecule has 1 amide bonds. The Morgan fingerprint density at radius 1 is 1.48 bits per heavy atom. The summed E-state index contributed by atoms with van der Waals surface area (Å²) in [7, 11) is -3.75. The van der Waals surface area contributed by atoms with E-state index in [-0.39, 0.29) is 22.8 Å². The highest BCUT2D eigenvalue weighted by molar-refractivity contribution is 9.10. The molecule has 1 heterocycles. The molecule has 1 fully saturated rings. The minimum Gasteiger partial charge on any atom is -0.324 e. The number of nitrogens with one attached hydrogen (secondary N) is 2. The molecule has 1 aliphatic rings. The average molecular weight is 376 g/mol. The van der Waals surface area contributed by atoms with Gasteiger partial charge >= 0.3 is 0 Å². The quantitative estimate of drug-likeness (QED) is 0.743. The fraction of sp³-hybridized carbons (Fsp3) is 0.462. The Labute approximate surface area is 132 Å². The Bertz CT molecular complexity index is 648. The number of anilines is 1. The SMILES string of the molecule is CC1CCCNC1C(=O)Nc1ccc(S(N)(=O)=O)cc1Br. The van der Waals surface area contributed by atoms with Crippen molar-refractivity contribution in [2.75, 3.05) is 11.9 Å². The Hall–Kier alpha value is -0.960. The normalized spacial score (nSPS) is 22.8. The third-order valence-electron chi connectivity index (χ3n) is 3.58. The van der Waals surface area contributed by atoms with E-state index < -0.39 is 10.0 Å². The monoisotopic (exact) mass is 375 g/mol. The number of hydrogen-bond donors (Lipinski definition) is 3. The summed E-state index contributed by atoms with van der Waals surface area (Å²) in [5.74, 6) is 0.146. The number of sulfonamides is 1. The van der Waals surface area contributed by atoms with Gasteiger partial charge < -0.3 is 10.6 Å². The number of hydrogen-bond acceptors (Lipinski definition) is 4. The van der Waals surface area contributed by atoms with Crippen LogP contribution < -0.4 is 15.8 Å². The maximum atomic E-state index is 12.3. The van der Waals surface area contributed by atoms with E-state index in [4.69, 9.17) is 5.14 Å². The second-order valence-electron chi connectivity index (χ2n) is 5.23. The van der Waals surface area contributed by atoms with Crippen LogP contribution in [0.25, 0.3) is 0 Å². The van der Waals surface area contributed by atoms with Crippen molar-refractivity contribution in [2.24, 2.45) is 11.1 Å². The van der Waals surface area contributed by atoms with E-state index in [0.29, 0.717) is 10.2 Å². The summed E-state index contributed by atoms with van der Waals surface area (Å²) < 4.78 is 23.0. The fourth-order valence-electron chi connectivity index (χ4n) is 2.39. The zero-order valence-corrected chi connectivity index (χ0v) is 14.0. The number of benzene rings is 1. The number of amides is 1. The van der Waals surface area contributed by atoms with Crippen LogP contribution in [0.5, 0.6) is 0 Å². The van der Waals surface area contributed by atoms with Gasteiger partial charge in [0.25, 0.3) is 0 Å². The number of piperidine rings is 1. The molecule has 0 aliphatic carbocycles. The van der Waals surface area contributed by atoms with Gasteiger partial charge in [-0.1, -0.05) is 6.92 Å². The molecule has 0 aromatic heterocycles. The van der Waals surface area contributed by atoms with Gasteiger partial charge in [0.2, 0.25) is 15.9 Å². The first-order valence-corrected chi connectivity index (χ1v) is 8.99. The Morgan fingerprint density at radius 3 is 2.76 bits per heavy atom. The number of nitrogens with two attached hydrogens (primary N) is 1. The Morgan fingerprint density at radius 2 is 2.19 bits per heavy atom. The summed E-state index contributed by atoms with van der Waals surface area (Å²) in [6.07, 6.45) is 2.08. The molecule has 6 nitrogen and oxygen atoms in total. The molecule has 2 rings (SSSR count). The van der Waals surface area contributed by atoms with Gasteiger partial charge in [0.05, 0.1) is 16.6 Å². The van der Waals surface area contributed by atoms with Gasteiger partial charge in [0.1, 0.15) is 0 Å². The first-order chi connectivity index (χ1) is 9.79. The van der Waals surface area contributed by atoms with Crippen LogP contribution in [0.3, 0.4) is 0 Å². The van der Waals surface area contributed by atoms with Crippen LogP contribution in [0.15, 0.2) is 27.6 Å². The van der Waals surface area contributed by atoms with E-state index in [2.05, 4.69) is 26.6 Å². The minimum absolute atomic E-state index is 0.00321. The predicted molar refractivity (Wildman–Crippen MR) is 84.3 cm³/mol. The van der Waals surface area contributed by atoms with Crippen molar-refractivity contribution < 1.29 is 13.2 Å². The van der Waals surface area contributed by atoms with Crippen molar-refractivity contribution in [3.63, 3.8) is 0 Å². The summed E-state index contributed by atoms with van der Waals surface area (Å²) in [5, 5.41) is 11.1. The van der Waals surface area contributed by atoms with E-state index >= 15 is 0 Å². The van der Waals surface area contributed by atoms with E-state index in [9.17, 15) is 13.2 Å². The first-order valence-electron chi connectivity index (χ1n) is 6.65. The van der Waals surface area contributed by atoms with Crippen molar-refractivity contribution in [3.8, 4) is 0 Å². The Balaban J connectivity index is 2.14. The predicted octanol–water partition coefficient (Wildman–Crippen LogP) is 1.42. The summed E-state index contributed by atoms with van der Waals surface area (Å²) in [6, 6.07) is 4.04. The van der Waals surface area contributed by atoms with E-state index in [1.165, 1.54) is 18.2 Å². The molecule has 2 unspecified atom stereocenters. The van der Waals surface area contributed by atoms with Gasteiger partial charge in [-0.2, -0.15) is 0 Å². The molecule has 1 aromatic carbocycles. The molecule has 8 heteroatoms. The third-order valence-corrected chi connectivity index (χ3v) is 5.15. The molecule has 1 saturated heterocycles. The molecule has 4 N–H and O–H groups in total. The van der Waals surface area contributed by atoms with Crippen molar-refractivity contribution in [1.29, 1.82) is 0 Å². The number of rotatable bonds is 3. The molecule has 116 valence electrons. The van der Waals surface area contributed by atoms with Crippen LogP contribution in [-0.2, 0) is 14.8 Å². The molecular weight excluding hydrogens is 358 g/mol. The first kappa shape index (κ1) is 16.4. The fourth-order valence-corrected chi connectivity index (χ4v) is 3.55. The van der Waals surface area contributed by atoms with Crippen LogP contribution in [0.4, 0.5) is 5.69 Å². The second kappa shape index (κ2) is 6.43. The lowest BCUT2D eigenvalue weighted by Crippen LogP contribution is -2.48. The van der Waals surface area contributed by atoms with Crippen molar-refractivity contribution in [1.82, 2.24) is 5.32 Å². The lowest BCUT2D eigenvalue weighted by molar-refractivity contribution is -0.119. The molecule has 0 radical (unpaired) electrons. The van der Waals surface area contributed by atoms with Gasteiger partial charge in [0.15, 0.2) is 0 Å². The largest absolute Gasteiger partial charge is 0.324 e. The highest BCUT2D eigenvalue weighted by Gasteiger charge is 2.27. The smallest absolute Gasteiger partial charge is 0.241 e.